The molecule has 5 rings (SSSR count). The zero-order valence-corrected chi connectivity index (χ0v) is 25.5. The summed E-state index contributed by atoms with van der Waals surface area (Å²) in [5.41, 5.74) is 0.0863. The molecule has 1 unspecified atom stereocenters. The lowest BCUT2D eigenvalue weighted by Crippen LogP contribution is -2.48. The maximum absolute atomic E-state index is 13.4. The van der Waals surface area contributed by atoms with Crippen molar-refractivity contribution in [2.45, 2.75) is 18.0 Å². The number of carboxylic acid groups (broad SMARTS) is 1. The van der Waals surface area contributed by atoms with Gasteiger partial charge in [-0.15, -0.1) is 0 Å². The second-order valence-electron chi connectivity index (χ2n) is 10.8. The van der Waals surface area contributed by atoms with Gasteiger partial charge in [0.1, 0.15) is 23.2 Å². The van der Waals surface area contributed by atoms with E-state index in [0.717, 1.165) is 30.9 Å². The summed E-state index contributed by atoms with van der Waals surface area (Å²) in [5.74, 6) is -0.181. The third kappa shape index (κ3) is 8.51. The lowest BCUT2D eigenvalue weighted by atomic mass is 10.2. The maximum atomic E-state index is 13.4. The van der Waals surface area contributed by atoms with Gasteiger partial charge < -0.3 is 30.0 Å². The second-order valence-corrected chi connectivity index (χ2v) is 11.8. The van der Waals surface area contributed by atoms with E-state index in [1.54, 1.807) is 4.90 Å². The molecular weight excluding hydrogens is 611 g/mol. The van der Waals surface area contributed by atoms with Crippen molar-refractivity contribution in [1.82, 2.24) is 30.2 Å². The van der Waals surface area contributed by atoms with Gasteiger partial charge in [-0.3, -0.25) is 4.79 Å². The van der Waals surface area contributed by atoms with Gasteiger partial charge in [0.2, 0.25) is 11.9 Å². The van der Waals surface area contributed by atoms with E-state index in [-0.39, 0.29) is 17.4 Å². The number of hydrogen-bond donors (Lipinski definition) is 2. The van der Waals surface area contributed by atoms with Crippen LogP contribution >= 0.6 is 11.8 Å². The number of rotatable bonds is 10. The van der Waals surface area contributed by atoms with E-state index in [0.29, 0.717) is 56.8 Å². The number of hydrogen-bond acceptors (Lipinski definition) is 11. The van der Waals surface area contributed by atoms with Crippen LogP contribution < -0.4 is 20.0 Å². The number of benzene rings is 1. The van der Waals surface area contributed by atoms with Crippen molar-refractivity contribution < 1.29 is 27.9 Å². The van der Waals surface area contributed by atoms with Gasteiger partial charge in [0.25, 0.3) is 5.91 Å². The summed E-state index contributed by atoms with van der Waals surface area (Å²) >= 11 is 1.41. The fourth-order valence-electron chi connectivity index (χ4n) is 4.92. The molecule has 3 aromatic rings. The summed E-state index contributed by atoms with van der Waals surface area (Å²) in [6.45, 7) is 4.29. The molecule has 2 N–H and O–H groups in total. The molecule has 1 aromatic carbocycles. The smallest absolute Gasteiger partial charge is 0.433 e. The van der Waals surface area contributed by atoms with Gasteiger partial charge in [-0.05, 0) is 18.7 Å². The first kappa shape index (κ1) is 32.2. The van der Waals surface area contributed by atoms with Crippen molar-refractivity contribution in [3.05, 3.63) is 65.6 Å². The summed E-state index contributed by atoms with van der Waals surface area (Å²) in [6, 6.07) is 10.9. The Morgan fingerprint density at radius 1 is 0.911 bits per heavy atom. The van der Waals surface area contributed by atoms with Crippen LogP contribution in [0.15, 0.2) is 48.7 Å². The predicted molar refractivity (Wildman–Crippen MR) is 165 cm³/mol. The lowest BCUT2D eigenvalue weighted by Gasteiger charge is -2.36. The zero-order chi connectivity index (χ0) is 32.0. The molecule has 12 nitrogen and oxygen atoms in total. The fourth-order valence-corrected chi connectivity index (χ4v) is 5.93. The molecule has 0 saturated carbocycles. The van der Waals surface area contributed by atoms with E-state index in [4.69, 9.17) is 4.98 Å². The summed E-state index contributed by atoms with van der Waals surface area (Å²) in [7, 11) is 2.02. The van der Waals surface area contributed by atoms with Crippen LogP contribution in [0.1, 0.15) is 21.7 Å². The van der Waals surface area contributed by atoms with Gasteiger partial charge in [-0.2, -0.15) is 29.9 Å². The van der Waals surface area contributed by atoms with Crippen molar-refractivity contribution in [2.24, 2.45) is 0 Å². The molecule has 45 heavy (non-hydrogen) atoms. The molecule has 2 aliphatic rings. The minimum Gasteiger partial charge on any atom is -0.480 e. The zero-order valence-electron chi connectivity index (χ0n) is 24.7. The Morgan fingerprint density at radius 3 is 2.22 bits per heavy atom. The Bertz CT molecular complexity index is 1470. The molecule has 2 fully saturated rings. The van der Waals surface area contributed by atoms with Crippen LogP contribution in [0.3, 0.4) is 0 Å². The molecule has 1 atom stereocenters. The van der Waals surface area contributed by atoms with Gasteiger partial charge in [0, 0.05) is 76.1 Å². The number of aromatic nitrogens is 4. The molecule has 2 aromatic heterocycles. The largest absolute Gasteiger partial charge is 0.480 e. The third-order valence-corrected chi connectivity index (χ3v) is 8.65. The van der Waals surface area contributed by atoms with E-state index < -0.39 is 29.8 Å². The number of nitrogens with one attached hydrogen (secondary N) is 1. The molecule has 0 spiro atoms. The van der Waals surface area contributed by atoms with Crippen molar-refractivity contribution in [3.63, 3.8) is 0 Å². The van der Waals surface area contributed by atoms with E-state index in [1.807, 2.05) is 47.2 Å². The number of nitrogens with zero attached hydrogens (tertiary/aromatic N) is 8. The molecule has 16 heteroatoms. The number of piperazine rings is 2. The van der Waals surface area contributed by atoms with Crippen LogP contribution in [0.5, 0.6) is 0 Å². The highest BCUT2D eigenvalue weighted by atomic mass is 32.2. The Labute approximate surface area is 262 Å². The number of halogens is 3. The van der Waals surface area contributed by atoms with Crippen LogP contribution in [0, 0.1) is 0 Å². The van der Waals surface area contributed by atoms with Crippen molar-refractivity contribution in [3.8, 4) is 0 Å². The van der Waals surface area contributed by atoms with E-state index in [2.05, 4.69) is 25.2 Å². The average molecular weight is 646 g/mol. The second kappa shape index (κ2) is 14.3. The highest BCUT2D eigenvalue weighted by Crippen LogP contribution is 2.29. The quantitative estimate of drug-likeness (QED) is 0.336. The topological polar surface area (TPSA) is 131 Å². The van der Waals surface area contributed by atoms with E-state index >= 15 is 0 Å². The van der Waals surface area contributed by atoms with Crippen LogP contribution in [0.2, 0.25) is 0 Å². The summed E-state index contributed by atoms with van der Waals surface area (Å²) in [6.07, 6.45) is -3.48. The number of alkyl halides is 3. The minimum atomic E-state index is -4.57. The minimum absolute atomic E-state index is 0.00444. The van der Waals surface area contributed by atoms with Crippen LogP contribution in [0.25, 0.3) is 0 Å². The molecule has 4 heterocycles. The average Bonchev–Trinajstić information content (AvgIpc) is 3.04. The van der Waals surface area contributed by atoms with Crippen molar-refractivity contribution in [2.75, 3.05) is 79.9 Å². The first-order valence-corrected chi connectivity index (χ1v) is 15.6. The number of carbonyl (C=O) groups is 2. The van der Waals surface area contributed by atoms with Gasteiger partial charge in [0.15, 0.2) is 0 Å². The lowest BCUT2D eigenvalue weighted by molar-refractivity contribution is -0.141. The monoisotopic (exact) mass is 645 g/mol. The standard InChI is InChI=1S/C29H34F3N9O3S/c1-38-9-11-41(12-10-38)28-35-21(25(42)34-22(26(43)44)19-45-18-20-5-3-2-4-6-20)17-24(37-28)39-13-15-40(16-14-39)27-33-8-7-23(36-27)29(30,31)32/h2-8,17,22H,9-16,18-19H2,1H3,(H,34,42)(H,43,44). The normalized spacial score (nSPS) is 16.8. The molecular formula is C29H34F3N9O3S. The maximum Gasteiger partial charge on any atom is 0.433 e. The third-order valence-electron chi connectivity index (χ3n) is 7.54. The Kier molecular flexibility index (Phi) is 10.2. The van der Waals surface area contributed by atoms with Gasteiger partial charge >= 0.3 is 12.1 Å². The number of carboxylic acids is 1. The first-order valence-electron chi connectivity index (χ1n) is 14.4. The number of likely N-dealkylation sites (N-methyl/N-ethyl adjacent to an activating group) is 1. The number of anilines is 3. The highest BCUT2D eigenvalue weighted by Gasteiger charge is 2.34. The van der Waals surface area contributed by atoms with E-state index in [9.17, 15) is 27.9 Å². The fraction of sp³-hybridized carbons (Fsp3) is 0.448. The van der Waals surface area contributed by atoms with Gasteiger partial charge in [-0.25, -0.2) is 19.7 Å². The first-order chi connectivity index (χ1) is 21.6. The van der Waals surface area contributed by atoms with Crippen LogP contribution in [-0.4, -0.2) is 113 Å². The summed E-state index contributed by atoms with van der Waals surface area (Å²) in [4.78, 5) is 50.2. The molecule has 0 bridgehead atoms. The van der Waals surface area contributed by atoms with Crippen molar-refractivity contribution >= 4 is 41.4 Å². The number of thioether (sulfide) groups is 1. The van der Waals surface area contributed by atoms with Gasteiger partial charge in [0.05, 0.1) is 0 Å². The van der Waals surface area contributed by atoms with Gasteiger partial charge in [-0.1, -0.05) is 30.3 Å². The van der Waals surface area contributed by atoms with Crippen LogP contribution in [0.4, 0.5) is 30.9 Å². The Balaban J connectivity index is 1.31. The molecule has 0 radical (unpaired) electrons. The van der Waals surface area contributed by atoms with E-state index in [1.165, 1.54) is 17.8 Å². The summed E-state index contributed by atoms with van der Waals surface area (Å²) in [5, 5.41) is 12.5. The van der Waals surface area contributed by atoms with Crippen LogP contribution in [-0.2, 0) is 16.7 Å². The predicted octanol–water partition coefficient (Wildman–Crippen LogP) is 2.48. The molecule has 1 amide bonds. The highest BCUT2D eigenvalue weighted by molar-refractivity contribution is 7.98. The van der Waals surface area contributed by atoms with Crippen molar-refractivity contribution in [1.29, 1.82) is 0 Å². The molecule has 0 aliphatic carbocycles. The Morgan fingerprint density at radius 2 is 1.56 bits per heavy atom. The number of carbonyl (C=O) groups excluding carboxylic acids is 1. The molecule has 240 valence electrons. The Hall–Kier alpha value is -4.18. The summed E-state index contributed by atoms with van der Waals surface area (Å²) < 4.78 is 39.6. The molecule has 2 aliphatic heterocycles. The number of aliphatic carboxylic acids is 1. The molecule has 2 saturated heterocycles. The SMILES string of the molecule is CN1CCN(c2nc(C(=O)NC(CSCc3ccccc3)C(=O)O)cc(N3CCN(c4nccc(C(F)(F)F)n4)CC3)n2)CC1. The number of amides is 1.